The fourth-order valence-corrected chi connectivity index (χ4v) is 1.54. The lowest BCUT2D eigenvalue weighted by molar-refractivity contribution is -0.394. The summed E-state index contributed by atoms with van der Waals surface area (Å²) in [5.41, 5.74) is 0. The van der Waals surface area contributed by atoms with E-state index in [1.54, 1.807) is 6.92 Å². The highest BCUT2D eigenvalue weighted by atomic mass is 19.4. The summed E-state index contributed by atoms with van der Waals surface area (Å²) < 4.78 is 37.8. The van der Waals surface area contributed by atoms with Crippen LogP contribution in [0, 0.1) is 10.1 Å². The maximum atomic E-state index is 12.2. The molecule has 0 saturated heterocycles. The predicted molar refractivity (Wildman–Crippen MR) is 59.5 cm³/mol. The van der Waals surface area contributed by atoms with Crippen LogP contribution in [0.25, 0.3) is 0 Å². The molecule has 0 bridgehead atoms. The van der Waals surface area contributed by atoms with Gasteiger partial charge in [0.05, 0.1) is 13.1 Å². The van der Waals surface area contributed by atoms with Gasteiger partial charge < -0.3 is 10.1 Å². The van der Waals surface area contributed by atoms with Crippen molar-refractivity contribution in [1.29, 1.82) is 0 Å². The van der Waals surface area contributed by atoms with Gasteiger partial charge in [-0.2, -0.15) is 17.9 Å². The molecule has 19 heavy (non-hydrogen) atoms. The van der Waals surface area contributed by atoms with Crippen LogP contribution in [-0.2, 0) is 6.54 Å². The number of alkyl halides is 3. The third kappa shape index (κ3) is 5.64. The van der Waals surface area contributed by atoms with Crippen molar-refractivity contribution in [2.45, 2.75) is 26.1 Å². The minimum atomic E-state index is -4.22. The molecule has 0 aromatic carbocycles. The number of aromatic nitrogens is 3. The van der Waals surface area contributed by atoms with Crippen LogP contribution in [0.15, 0.2) is 6.33 Å². The highest BCUT2D eigenvalue weighted by Crippen LogP contribution is 2.16. The zero-order valence-electron chi connectivity index (χ0n) is 10.3. The second kappa shape index (κ2) is 6.45. The van der Waals surface area contributed by atoms with Crippen LogP contribution >= 0.6 is 0 Å². The summed E-state index contributed by atoms with van der Waals surface area (Å²) in [6, 6.07) is 0. The van der Waals surface area contributed by atoms with E-state index in [1.165, 1.54) is 15.9 Å². The van der Waals surface area contributed by atoms with Crippen LogP contribution in [0.4, 0.5) is 19.1 Å². The van der Waals surface area contributed by atoms with E-state index in [0.29, 0.717) is 6.42 Å². The molecule has 0 N–H and O–H groups in total. The van der Waals surface area contributed by atoms with Crippen molar-refractivity contribution in [3.63, 3.8) is 0 Å². The van der Waals surface area contributed by atoms with Crippen molar-refractivity contribution in [1.82, 2.24) is 19.7 Å². The summed E-state index contributed by atoms with van der Waals surface area (Å²) in [7, 11) is 0. The van der Waals surface area contributed by atoms with Crippen LogP contribution in [0.2, 0.25) is 0 Å². The van der Waals surface area contributed by atoms with E-state index in [2.05, 4.69) is 10.1 Å². The maximum absolute atomic E-state index is 12.2. The van der Waals surface area contributed by atoms with Gasteiger partial charge in [-0.15, -0.1) is 0 Å². The van der Waals surface area contributed by atoms with Crippen LogP contribution < -0.4 is 0 Å². The largest absolute Gasteiger partial charge is 0.490 e. The van der Waals surface area contributed by atoms with Gasteiger partial charge >= 0.3 is 12.1 Å². The number of nitrogens with zero attached hydrogens (tertiary/aromatic N) is 5. The second-order valence-corrected chi connectivity index (χ2v) is 3.90. The second-order valence-electron chi connectivity index (χ2n) is 3.90. The fourth-order valence-electron chi connectivity index (χ4n) is 1.54. The molecule has 1 aromatic rings. The quantitative estimate of drug-likeness (QED) is 0.558. The van der Waals surface area contributed by atoms with Crippen molar-refractivity contribution in [3.8, 4) is 0 Å². The molecule has 0 amide bonds. The zero-order valence-corrected chi connectivity index (χ0v) is 10.3. The molecule has 0 atom stereocenters. The molecule has 0 unspecified atom stereocenters. The molecule has 108 valence electrons. The lowest BCUT2D eigenvalue weighted by Gasteiger charge is -2.21. The third-order valence-corrected chi connectivity index (χ3v) is 2.40. The number of aryl methyl sites for hydroxylation is 1. The van der Waals surface area contributed by atoms with Crippen molar-refractivity contribution in [2.24, 2.45) is 0 Å². The van der Waals surface area contributed by atoms with Crippen LogP contribution in [-0.4, -0.2) is 50.4 Å². The van der Waals surface area contributed by atoms with E-state index in [9.17, 15) is 23.3 Å². The molecule has 0 radical (unpaired) electrons. The molecule has 1 rings (SSSR count). The number of hydrogen-bond acceptors (Lipinski definition) is 5. The Morgan fingerprint density at radius 1 is 1.53 bits per heavy atom. The topological polar surface area (TPSA) is 77.1 Å². The van der Waals surface area contributed by atoms with Gasteiger partial charge in [0.1, 0.15) is 0 Å². The van der Waals surface area contributed by atoms with Gasteiger partial charge in [0.25, 0.3) is 0 Å². The molecule has 7 nitrogen and oxygen atoms in total. The molecule has 0 saturated carbocycles. The van der Waals surface area contributed by atoms with Crippen LogP contribution in [0.5, 0.6) is 0 Å². The monoisotopic (exact) mass is 281 g/mol. The Kier molecular flexibility index (Phi) is 5.21. The molecule has 0 fully saturated rings. The molecular formula is C9H14F3N5O2. The van der Waals surface area contributed by atoms with Gasteiger partial charge in [-0.25, -0.2) is 0 Å². The van der Waals surface area contributed by atoms with Crippen molar-refractivity contribution in [3.05, 3.63) is 16.4 Å². The summed E-state index contributed by atoms with van der Waals surface area (Å²) >= 11 is 0. The average molecular weight is 281 g/mol. The molecule has 0 aliphatic heterocycles. The first-order valence-corrected chi connectivity index (χ1v) is 5.64. The number of hydrogen-bond donors (Lipinski definition) is 0. The lowest BCUT2D eigenvalue weighted by atomic mass is 10.3. The molecule has 0 spiro atoms. The van der Waals surface area contributed by atoms with Gasteiger partial charge in [0.2, 0.25) is 6.33 Å². The Morgan fingerprint density at radius 3 is 2.68 bits per heavy atom. The van der Waals surface area contributed by atoms with Crippen LogP contribution in [0.1, 0.15) is 13.3 Å². The highest BCUT2D eigenvalue weighted by Gasteiger charge is 2.29. The fraction of sp³-hybridized carbons (Fsp3) is 0.778. The normalized spacial score (nSPS) is 12.1. The Balaban J connectivity index is 2.37. The zero-order chi connectivity index (χ0) is 14.5. The first-order chi connectivity index (χ1) is 8.81. The summed E-state index contributed by atoms with van der Waals surface area (Å²) in [6.45, 7) is 1.50. The van der Waals surface area contributed by atoms with Gasteiger partial charge in [0.15, 0.2) is 0 Å². The van der Waals surface area contributed by atoms with E-state index >= 15 is 0 Å². The molecule has 0 aliphatic rings. The van der Waals surface area contributed by atoms with Crippen molar-refractivity contribution >= 4 is 5.95 Å². The van der Waals surface area contributed by atoms with Crippen LogP contribution in [0.3, 0.4) is 0 Å². The number of halogens is 3. The summed E-state index contributed by atoms with van der Waals surface area (Å²) in [5.74, 6) is -0.511. The SMILES string of the molecule is CCN(CCCn1cnc([N+](=O)[O-])n1)CC(F)(F)F. The maximum Gasteiger partial charge on any atom is 0.490 e. The summed E-state index contributed by atoms with van der Waals surface area (Å²) in [4.78, 5) is 14.3. The lowest BCUT2D eigenvalue weighted by Crippen LogP contribution is -2.35. The first-order valence-electron chi connectivity index (χ1n) is 5.64. The van der Waals surface area contributed by atoms with E-state index in [0.717, 1.165) is 0 Å². The molecule has 10 heteroatoms. The van der Waals surface area contributed by atoms with Gasteiger partial charge in [-0.1, -0.05) is 11.9 Å². The van der Waals surface area contributed by atoms with E-state index in [-0.39, 0.29) is 19.6 Å². The van der Waals surface area contributed by atoms with E-state index < -0.39 is 23.6 Å². The Hall–Kier alpha value is -1.71. The molecule has 1 heterocycles. The average Bonchev–Trinajstić information content (AvgIpc) is 2.75. The van der Waals surface area contributed by atoms with Crippen molar-refractivity contribution in [2.75, 3.05) is 19.6 Å². The third-order valence-electron chi connectivity index (χ3n) is 2.40. The smallest absolute Gasteiger partial charge is 0.390 e. The summed E-state index contributed by atoms with van der Waals surface area (Å²) in [5, 5.41) is 13.9. The molecule has 1 aromatic heterocycles. The van der Waals surface area contributed by atoms with E-state index in [1.807, 2.05) is 0 Å². The molecule has 0 aliphatic carbocycles. The minimum Gasteiger partial charge on any atom is -0.390 e. The number of nitro groups is 1. The minimum absolute atomic E-state index is 0.240. The standard InChI is InChI=1S/C9H14F3N5O2/c1-2-15(6-9(10,11)12)4-3-5-16-7-13-8(14-16)17(18)19/h7H,2-6H2,1H3. The van der Waals surface area contributed by atoms with Gasteiger partial charge in [0, 0.05) is 11.6 Å². The molecular weight excluding hydrogens is 267 g/mol. The van der Waals surface area contributed by atoms with Gasteiger partial charge in [-0.05, 0) is 17.9 Å². The first kappa shape index (κ1) is 15.3. The number of rotatable bonds is 7. The Bertz CT molecular complexity index is 420. The van der Waals surface area contributed by atoms with E-state index in [4.69, 9.17) is 0 Å². The Labute approximate surface area is 107 Å². The highest BCUT2D eigenvalue weighted by molar-refractivity contribution is 4.96. The Morgan fingerprint density at radius 2 is 2.21 bits per heavy atom. The predicted octanol–water partition coefficient (Wildman–Crippen LogP) is 1.46. The summed E-state index contributed by atoms with van der Waals surface area (Å²) in [6.07, 6.45) is -2.62. The van der Waals surface area contributed by atoms with Crippen molar-refractivity contribution < 1.29 is 18.1 Å². The van der Waals surface area contributed by atoms with Gasteiger partial charge in [-0.3, -0.25) is 4.90 Å².